The topological polar surface area (TPSA) is 0 Å². The van der Waals surface area contributed by atoms with E-state index in [1.807, 2.05) is 0 Å². The van der Waals surface area contributed by atoms with E-state index in [4.69, 9.17) is 0 Å². The average molecular weight is 387 g/mol. The van der Waals surface area contributed by atoms with E-state index in [2.05, 4.69) is 91.0 Å². The fraction of sp³-hybridized carbons (Fsp3) is 0. The Morgan fingerprint density at radius 3 is 0.950 bits per heavy atom. The molecule has 0 aliphatic carbocycles. The Bertz CT molecular complexity index is 569. The van der Waals surface area contributed by atoms with Crippen molar-refractivity contribution < 1.29 is 0 Å². The number of rotatable bonds is 3. The van der Waals surface area contributed by atoms with Crippen LogP contribution in [0.4, 0.5) is 0 Å². The molecule has 0 heterocycles. The first kappa shape index (κ1) is 13.9. The summed E-state index contributed by atoms with van der Waals surface area (Å²) in [6.45, 7) is 0. The van der Waals surface area contributed by atoms with Gasteiger partial charge in [-0.25, -0.2) is 0 Å². The minimum atomic E-state index is -1.75. The summed E-state index contributed by atoms with van der Waals surface area (Å²) in [4.78, 5) is -1.75. The van der Waals surface area contributed by atoms with E-state index in [9.17, 15) is 0 Å². The maximum atomic E-state index is 2.30. The van der Waals surface area contributed by atoms with Crippen molar-refractivity contribution in [1.82, 2.24) is 0 Å². The van der Waals surface area contributed by atoms with Gasteiger partial charge in [-0.2, -0.15) is 0 Å². The second kappa shape index (κ2) is 6.13. The van der Waals surface area contributed by atoms with Gasteiger partial charge in [-0.15, -0.1) is 0 Å². The molecule has 3 rings (SSSR count). The molecule has 0 saturated carbocycles. The summed E-state index contributed by atoms with van der Waals surface area (Å²) < 4.78 is 0. The Hall–Kier alpha value is -1.09. The first-order valence-electron chi connectivity index (χ1n) is 6.77. The predicted molar refractivity (Wildman–Crippen MR) is 95.1 cm³/mol. The van der Waals surface area contributed by atoms with Gasteiger partial charge in [0.15, 0.2) is 0 Å². The Labute approximate surface area is 134 Å². The van der Waals surface area contributed by atoms with Gasteiger partial charge in [0.2, 0.25) is 0 Å². The van der Waals surface area contributed by atoms with Gasteiger partial charge in [0.1, 0.15) is 0 Å². The van der Waals surface area contributed by atoms with Crippen molar-refractivity contribution in [2.75, 3.05) is 0 Å². The van der Waals surface area contributed by atoms with Gasteiger partial charge in [-0.3, -0.25) is 0 Å². The van der Waals surface area contributed by atoms with Crippen molar-refractivity contribution >= 4 is 43.2 Å². The van der Waals surface area contributed by atoms with Gasteiger partial charge in [0.05, 0.1) is 0 Å². The quantitative estimate of drug-likeness (QED) is 0.478. The van der Waals surface area contributed by atoms with Crippen molar-refractivity contribution in [2.45, 2.75) is 0 Å². The summed E-state index contributed by atoms with van der Waals surface area (Å²) >= 11 is 1.25. The van der Waals surface area contributed by atoms with Crippen LogP contribution >= 0.6 is 4.83 Å². The molecule has 0 aromatic heterocycles. The summed E-state index contributed by atoms with van der Waals surface area (Å²) in [5.74, 6) is 0. The molecule has 0 fully saturated rings. The van der Waals surface area contributed by atoms with Gasteiger partial charge in [-0.05, 0) is 0 Å². The number of hydrogen-bond acceptors (Lipinski definition) is 0. The van der Waals surface area contributed by atoms with Crippen molar-refractivity contribution in [3.8, 4) is 0 Å². The van der Waals surface area contributed by atoms with E-state index in [-0.39, 0.29) is 0 Å². The van der Waals surface area contributed by atoms with Crippen LogP contribution in [0.25, 0.3) is 0 Å². The Balaban J connectivity index is 2.24. The third-order valence-electron chi connectivity index (χ3n) is 3.69. The Morgan fingerprint density at radius 1 is 0.450 bits per heavy atom. The van der Waals surface area contributed by atoms with Crippen LogP contribution in [-0.2, 0) is 0 Å². The van der Waals surface area contributed by atoms with Crippen molar-refractivity contribution in [3.63, 3.8) is 0 Å². The molecule has 0 amide bonds. The monoisotopic (exact) mass is 386 g/mol. The van der Waals surface area contributed by atoms with Gasteiger partial charge < -0.3 is 0 Å². The average Bonchev–Trinajstić information content (AvgIpc) is 2.56. The molecule has 20 heavy (non-hydrogen) atoms. The zero-order valence-corrected chi connectivity index (χ0v) is 15.5. The molecule has 0 unspecified atom stereocenters. The molecule has 0 aliphatic heterocycles. The van der Waals surface area contributed by atoms with Gasteiger partial charge >= 0.3 is 134 Å². The van der Waals surface area contributed by atoms with Crippen LogP contribution in [0.5, 0.6) is 0 Å². The molecule has 0 bridgehead atoms. The fourth-order valence-electron chi connectivity index (χ4n) is 2.60. The maximum absolute atomic E-state index is 2.30. The minimum absolute atomic E-state index is 1.25. The summed E-state index contributed by atoms with van der Waals surface area (Å²) in [5, 5.41) is 4.54. The van der Waals surface area contributed by atoms with E-state index >= 15 is 0 Å². The summed E-state index contributed by atoms with van der Waals surface area (Å²) in [6.07, 6.45) is 0. The van der Waals surface area contributed by atoms with Crippen molar-refractivity contribution in [2.24, 2.45) is 0 Å². The third kappa shape index (κ3) is 2.56. The third-order valence-corrected chi connectivity index (χ3v) is 16.0. The standard InChI is InChI=1S/C18H15P.Sb.2H/c1-4-10-16(11-5-1)19(17-12-6-2-7-13-17)18-14-8-3-9-15-18;;;/h1-15H;;;/q;-1;;/p+1. The summed E-state index contributed by atoms with van der Waals surface area (Å²) in [7, 11) is 0. The summed E-state index contributed by atoms with van der Waals surface area (Å²) in [6, 6.07) is 33.1. The van der Waals surface area contributed by atoms with Crippen molar-refractivity contribution in [3.05, 3.63) is 91.0 Å². The zero-order chi connectivity index (χ0) is 13.8. The van der Waals surface area contributed by atoms with Crippen LogP contribution in [0.15, 0.2) is 91.0 Å². The first-order valence-corrected chi connectivity index (χ1v) is 13.8. The van der Waals surface area contributed by atoms with Crippen LogP contribution in [0.1, 0.15) is 0 Å². The van der Waals surface area contributed by atoms with Crippen LogP contribution in [0, 0.1) is 0 Å². The first-order chi connectivity index (χ1) is 9.82. The number of hydrogen-bond donors (Lipinski definition) is 0. The molecule has 2 heteroatoms. The molecule has 0 aliphatic rings. The van der Waals surface area contributed by atoms with E-state index in [1.165, 1.54) is 38.4 Å². The molecule has 0 N–H and O–H groups in total. The normalized spacial score (nSPS) is 12.1. The molecular weight excluding hydrogens is 369 g/mol. The SMILES string of the molecule is [SbH2][PH](c1ccccc1)(c1ccccc1)c1ccccc1. The van der Waals surface area contributed by atoms with Crippen LogP contribution in [0.3, 0.4) is 0 Å². The molecule has 0 nitrogen and oxygen atoms in total. The van der Waals surface area contributed by atoms with Crippen LogP contribution in [-0.4, -0.2) is 22.5 Å². The predicted octanol–water partition coefficient (Wildman–Crippen LogP) is 2.26. The molecule has 100 valence electrons. The fourth-order valence-corrected chi connectivity index (χ4v) is 10.7. The molecule has 0 saturated heterocycles. The van der Waals surface area contributed by atoms with E-state index < -0.39 is 4.83 Å². The molecule has 0 radical (unpaired) electrons. The second-order valence-electron chi connectivity index (χ2n) is 4.91. The summed E-state index contributed by atoms with van der Waals surface area (Å²) in [5.41, 5.74) is 0. The molecule has 0 atom stereocenters. The Kier molecular flexibility index (Phi) is 4.25. The molecule has 3 aromatic carbocycles. The van der Waals surface area contributed by atoms with Crippen molar-refractivity contribution in [1.29, 1.82) is 0 Å². The molecule has 0 spiro atoms. The van der Waals surface area contributed by atoms with E-state index in [0.29, 0.717) is 0 Å². The Morgan fingerprint density at radius 2 is 0.700 bits per heavy atom. The van der Waals surface area contributed by atoms with Crippen LogP contribution < -0.4 is 15.9 Å². The van der Waals surface area contributed by atoms with E-state index in [0.717, 1.165) is 0 Å². The van der Waals surface area contributed by atoms with Gasteiger partial charge in [-0.1, -0.05) is 0 Å². The number of benzene rings is 3. The second-order valence-corrected chi connectivity index (χ2v) is 15.7. The molecular formula is C18H18PSb. The van der Waals surface area contributed by atoms with Crippen LogP contribution in [0.2, 0.25) is 0 Å². The van der Waals surface area contributed by atoms with Gasteiger partial charge in [0, 0.05) is 0 Å². The van der Waals surface area contributed by atoms with Gasteiger partial charge in [0.25, 0.3) is 0 Å². The zero-order valence-electron chi connectivity index (χ0n) is 11.2. The molecule has 3 aromatic rings. The van der Waals surface area contributed by atoms with E-state index in [1.54, 1.807) is 0 Å².